The molecule has 2 atom stereocenters. The van der Waals surface area contributed by atoms with Gasteiger partial charge in [0, 0.05) is 19.5 Å². The summed E-state index contributed by atoms with van der Waals surface area (Å²) < 4.78 is 0. The molecule has 0 nitrogen and oxygen atoms in total. The maximum absolute atomic E-state index is 2.73. The standard InChI is InChI=1S/C32H54S2Si/c1-11-15-17-23(13-3)21-35(22-24(14-4)18-16-12-2)25-19-27(31(5,6)7)33-29(25)30-26(35)20-28(34-30)32(8,9)10/h19-20,23-24H,11-18,21-22H2,1-10H3. The highest BCUT2D eigenvalue weighted by Gasteiger charge is 2.50. The zero-order valence-electron chi connectivity index (χ0n) is 24.7. The summed E-state index contributed by atoms with van der Waals surface area (Å²) in [6, 6.07) is 8.42. The van der Waals surface area contributed by atoms with E-state index in [-0.39, 0.29) is 10.8 Å². The van der Waals surface area contributed by atoms with Gasteiger partial charge < -0.3 is 0 Å². The number of hydrogen-bond donors (Lipinski definition) is 0. The molecule has 1 aliphatic heterocycles. The molecular formula is C32H54S2Si. The monoisotopic (exact) mass is 530 g/mol. The minimum atomic E-state index is -1.84. The van der Waals surface area contributed by atoms with Gasteiger partial charge in [-0.05, 0) is 57.3 Å². The molecule has 1 aliphatic rings. The van der Waals surface area contributed by atoms with Crippen LogP contribution in [0.1, 0.15) is 130 Å². The molecule has 2 aromatic rings. The van der Waals surface area contributed by atoms with Gasteiger partial charge in [0.15, 0.2) is 0 Å². The van der Waals surface area contributed by atoms with Crippen LogP contribution in [0.4, 0.5) is 0 Å². The Balaban J connectivity index is 2.23. The van der Waals surface area contributed by atoms with Crippen LogP contribution in [0.15, 0.2) is 12.1 Å². The normalized spacial score (nSPS) is 16.9. The van der Waals surface area contributed by atoms with E-state index in [0.717, 1.165) is 11.8 Å². The van der Waals surface area contributed by atoms with E-state index in [1.54, 1.807) is 19.5 Å². The summed E-state index contributed by atoms with van der Waals surface area (Å²) in [4.78, 5) is 6.60. The minimum Gasteiger partial charge on any atom is -0.139 e. The van der Waals surface area contributed by atoms with Crippen molar-refractivity contribution in [3.63, 3.8) is 0 Å². The van der Waals surface area contributed by atoms with E-state index in [4.69, 9.17) is 0 Å². The molecule has 2 aromatic heterocycles. The number of thiophene rings is 2. The van der Waals surface area contributed by atoms with E-state index in [2.05, 4.69) is 104 Å². The molecule has 3 heteroatoms. The highest BCUT2D eigenvalue weighted by molar-refractivity contribution is 7.29. The van der Waals surface area contributed by atoms with Crippen LogP contribution in [-0.4, -0.2) is 8.07 Å². The molecule has 0 saturated heterocycles. The summed E-state index contributed by atoms with van der Waals surface area (Å²) in [7, 11) is -1.84. The molecule has 35 heavy (non-hydrogen) atoms. The summed E-state index contributed by atoms with van der Waals surface area (Å²) >= 11 is 4.30. The molecule has 3 rings (SSSR count). The molecule has 0 fully saturated rings. The number of rotatable bonds is 12. The van der Waals surface area contributed by atoms with Crippen molar-refractivity contribution in [1.29, 1.82) is 0 Å². The summed E-state index contributed by atoms with van der Waals surface area (Å²) in [6.07, 6.45) is 11.0. The van der Waals surface area contributed by atoms with Gasteiger partial charge in [0.1, 0.15) is 8.07 Å². The largest absolute Gasteiger partial charge is 0.139 e. The predicted molar refractivity (Wildman–Crippen MR) is 166 cm³/mol. The van der Waals surface area contributed by atoms with Crippen molar-refractivity contribution in [2.24, 2.45) is 11.8 Å². The highest BCUT2D eigenvalue weighted by atomic mass is 32.1. The molecule has 0 amide bonds. The molecule has 0 aliphatic carbocycles. The van der Waals surface area contributed by atoms with E-state index < -0.39 is 8.07 Å². The van der Waals surface area contributed by atoms with E-state index in [1.807, 2.05) is 10.4 Å². The van der Waals surface area contributed by atoms with E-state index in [9.17, 15) is 0 Å². The molecular weight excluding hydrogens is 477 g/mol. The van der Waals surface area contributed by atoms with Gasteiger partial charge in [0.25, 0.3) is 0 Å². The van der Waals surface area contributed by atoms with Crippen molar-refractivity contribution in [3.05, 3.63) is 21.9 Å². The summed E-state index contributed by atoms with van der Waals surface area (Å²) in [5.41, 5.74) is 0.469. The van der Waals surface area contributed by atoms with Gasteiger partial charge in [0.2, 0.25) is 0 Å². The fraction of sp³-hybridized carbons (Fsp3) is 0.750. The number of hydrogen-bond acceptors (Lipinski definition) is 2. The molecule has 2 unspecified atom stereocenters. The lowest BCUT2D eigenvalue weighted by Crippen LogP contribution is -2.57. The second-order valence-electron chi connectivity index (χ2n) is 13.5. The lowest BCUT2D eigenvalue weighted by atomic mass is 9.95. The molecule has 198 valence electrons. The Morgan fingerprint density at radius 3 is 1.31 bits per heavy atom. The Bertz CT molecular complexity index is 871. The third-order valence-electron chi connectivity index (χ3n) is 8.54. The summed E-state index contributed by atoms with van der Waals surface area (Å²) in [5, 5.41) is 3.69. The van der Waals surface area contributed by atoms with Crippen LogP contribution >= 0.6 is 22.7 Å². The zero-order chi connectivity index (χ0) is 26.0. The fourth-order valence-electron chi connectivity index (χ4n) is 6.11. The van der Waals surface area contributed by atoms with Crippen molar-refractivity contribution in [3.8, 4) is 9.75 Å². The molecule has 0 N–H and O–H groups in total. The van der Waals surface area contributed by atoms with Crippen LogP contribution in [0.25, 0.3) is 9.75 Å². The van der Waals surface area contributed by atoms with Crippen molar-refractivity contribution in [1.82, 2.24) is 0 Å². The molecule has 0 bridgehead atoms. The molecule has 0 aromatic carbocycles. The SMILES string of the molecule is CCCCC(CC)C[Si]1(CC(CC)CCCC)c2cc(C(C)(C)C)sc2-c2sc(C(C)(C)C)cc21. The van der Waals surface area contributed by atoms with Crippen molar-refractivity contribution in [2.75, 3.05) is 0 Å². The van der Waals surface area contributed by atoms with Gasteiger partial charge in [-0.1, -0.05) is 121 Å². The Morgan fingerprint density at radius 2 is 1.03 bits per heavy atom. The Kier molecular flexibility index (Phi) is 9.64. The van der Waals surface area contributed by atoms with E-state index in [1.165, 1.54) is 63.5 Å². The third-order valence-corrected chi connectivity index (χ3v) is 17.6. The molecule has 0 spiro atoms. The lowest BCUT2D eigenvalue weighted by Gasteiger charge is -2.36. The van der Waals surface area contributed by atoms with Crippen molar-refractivity contribution < 1.29 is 0 Å². The Hall–Kier alpha value is -0.383. The maximum Gasteiger partial charge on any atom is 0.122 e. The average Bonchev–Trinajstić information content (AvgIpc) is 3.47. The first-order valence-electron chi connectivity index (χ1n) is 14.7. The van der Waals surface area contributed by atoms with Crippen LogP contribution in [0.3, 0.4) is 0 Å². The number of unbranched alkanes of at least 4 members (excludes halogenated alkanes) is 2. The van der Waals surface area contributed by atoms with Gasteiger partial charge in [0.05, 0.1) is 0 Å². The van der Waals surface area contributed by atoms with Crippen LogP contribution in [0.2, 0.25) is 12.1 Å². The van der Waals surface area contributed by atoms with Crippen LogP contribution in [-0.2, 0) is 10.8 Å². The Morgan fingerprint density at radius 1 is 0.657 bits per heavy atom. The van der Waals surface area contributed by atoms with Crippen molar-refractivity contribution >= 4 is 41.1 Å². The molecule has 0 saturated carbocycles. The van der Waals surface area contributed by atoms with E-state index in [0.29, 0.717) is 0 Å². The second-order valence-corrected chi connectivity index (χ2v) is 19.7. The predicted octanol–water partition coefficient (Wildman–Crippen LogP) is 10.4. The quantitative estimate of drug-likeness (QED) is 0.239. The van der Waals surface area contributed by atoms with Crippen LogP contribution in [0, 0.1) is 11.8 Å². The topological polar surface area (TPSA) is 0 Å². The van der Waals surface area contributed by atoms with Gasteiger partial charge in [-0.25, -0.2) is 0 Å². The lowest BCUT2D eigenvalue weighted by molar-refractivity contribution is 0.469. The first kappa shape index (κ1) is 29.2. The summed E-state index contributed by atoms with van der Waals surface area (Å²) in [5.74, 6) is 1.75. The smallest absolute Gasteiger partial charge is 0.122 e. The number of fused-ring (bicyclic) bond motifs is 3. The summed E-state index contributed by atoms with van der Waals surface area (Å²) in [6.45, 7) is 24.2. The van der Waals surface area contributed by atoms with Gasteiger partial charge >= 0.3 is 0 Å². The average molecular weight is 531 g/mol. The zero-order valence-corrected chi connectivity index (χ0v) is 27.3. The molecule has 0 radical (unpaired) electrons. The van der Waals surface area contributed by atoms with Crippen molar-refractivity contribution in [2.45, 2.75) is 144 Å². The van der Waals surface area contributed by atoms with Gasteiger partial charge in [-0.15, -0.1) is 22.7 Å². The highest BCUT2D eigenvalue weighted by Crippen LogP contribution is 2.48. The van der Waals surface area contributed by atoms with Crippen LogP contribution < -0.4 is 10.4 Å². The first-order chi connectivity index (χ1) is 16.4. The third kappa shape index (κ3) is 6.20. The first-order valence-corrected chi connectivity index (χ1v) is 18.8. The minimum absolute atomic E-state index is 0.234. The second kappa shape index (κ2) is 11.6. The van der Waals surface area contributed by atoms with Gasteiger partial charge in [-0.3, -0.25) is 0 Å². The van der Waals surface area contributed by atoms with Gasteiger partial charge in [-0.2, -0.15) is 0 Å². The Labute approximate surface area is 227 Å². The molecule has 3 heterocycles. The fourth-order valence-corrected chi connectivity index (χ4v) is 16.6. The van der Waals surface area contributed by atoms with Crippen LogP contribution in [0.5, 0.6) is 0 Å². The maximum atomic E-state index is 2.73. The van der Waals surface area contributed by atoms with E-state index >= 15 is 0 Å².